The Kier molecular flexibility index (Phi) is 8.68. The van der Waals surface area contributed by atoms with Crippen LogP contribution < -0.4 is 14.8 Å². The number of nitrogens with one attached hydrogen (secondary N) is 1. The Bertz CT molecular complexity index is 1380. The van der Waals surface area contributed by atoms with Crippen LogP contribution in [0.3, 0.4) is 0 Å². The number of methoxy groups -OCH3 is 1. The van der Waals surface area contributed by atoms with Gasteiger partial charge in [0.25, 0.3) is 5.91 Å². The van der Waals surface area contributed by atoms with Crippen molar-refractivity contribution in [2.75, 3.05) is 20.3 Å². The van der Waals surface area contributed by atoms with E-state index in [0.29, 0.717) is 29.3 Å². The van der Waals surface area contributed by atoms with Crippen molar-refractivity contribution < 1.29 is 23.8 Å². The molecule has 0 saturated carbocycles. The SMILES string of the molecule is COC(=O)C(Cc1ccc(Br)cc1)NC(=O)c1ccc(OCCOc2nc3ccccc3nc2C)cc1. The zero-order valence-electron chi connectivity index (χ0n) is 20.4. The number of rotatable bonds is 10. The van der Waals surface area contributed by atoms with E-state index >= 15 is 0 Å². The zero-order chi connectivity index (χ0) is 26.2. The van der Waals surface area contributed by atoms with Crippen molar-refractivity contribution in [2.24, 2.45) is 0 Å². The average Bonchev–Trinajstić information content (AvgIpc) is 2.92. The normalized spacial score (nSPS) is 11.5. The van der Waals surface area contributed by atoms with E-state index < -0.39 is 12.0 Å². The third-order valence-electron chi connectivity index (χ3n) is 5.55. The number of amides is 1. The number of halogens is 1. The predicted octanol–water partition coefficient (Wildman–Crippen LogP) is 4.67. The van der Waals surface area contributed by atoms with E-state index in [1.165, 1.54) is 7.11 Å². The first-order valence-electron chi connectivity index (χ1n) is 11.6. The second kappa shape index (κ2) is 12.3. The number of hydrogen-bond donors (Lipinski definition) is 1. The Hall–Kier alpha value is -3.98. The van der Waals surface area contributed by atoms with Crippen LogP contribution >= 0.6 is 15.9 Å². The second-order valence-electron chi connectivity index (χ2n) is 8.20. The van der Waals surface area contributed by atoms with Crippen LogP contribution in [-0.4, -0.2) is 48.2 Å². The van der Waals surface area contributed by atoms with E-state index in [2.05, 4.69) is 31.2 Å². The summed E-state index contributed by atoms with van der Waals surface area (Å²) >= 11 is 3.39. The summed E-state index contributed by atoms with van der Waals surface area (Å²) in [6.45, 7) is 2.42. The number of carbonyl (C=O) groups excluding carboxylic acids is 2. The van der Waals surface area contributed by atoms with Gasteiger partial charge < -0.3 is 19.5 Å². The van der Waals surface area contributed by atoms with Crippen molar-refractivity contribution in [3.05, 3.63) is 94.1 Å². The summed E-state index contributed by atoms with van der Waals surface area (Å²) in [5.74, 6) is 0.161. The maximum Gasteiger partial charge on any atom is 0.328 e. The first kappa shape index (κ1) is 26.1. The van der Waals surface area contributed by atoms with Crippen LogP contribution in [0.4, 0.5) is 0 Å². The Balaban J connectivity index is 1.29. The quantitative estimate of drug-likeness (QED) is 0.221. The monoisotopic (exact) mass is 563 g/mol. The van der Waals surface area contributed by atoms with Gasteiger partial charge in [0.2, 0.25) is 5.88 Å². The molecular weight excluding hydrogens is 538 g/mol. The van der Waals surface area contributed by atoms with Gasteiger partial charge in [-0.1, -0.05) is 40.2 Å². The lowest BCUT2D eigenvalue weighted by molar-refractivity contribution is -0.142. The summed E-state index contributed by atoms with van der Waals surface area (Å²) in [6.07, 6.45) is 0.313. The molecule has 1 atom stereocenters. The van der Waals surface area contributed by atoms with Gasteiger partial charge in [0.15, 0.2) is 0 Å². The Labute approximate surface area is 223 Å². The van der Waals surface area contributed by atoms with Crippen molar-refractivity contribution in [3.63, 3.8) is 0 Å². The van der Waals surface area contributed by atoms with Gasteiger partial charge in [0.05, 0.1) is 18.1 Å². The van der Waals surface area contributed by atoms with Crippen LogP contribution in [0.2, 0.25) is 0 Å². The molecule has 190 valence electrons. The molecule has 8 nitrogen and oxygen atoms in total. The van der Waals surface area contributed by atoms with Crippen LogP contribution in [0.15, 0.2) is 77.3 Å². The fourth-order valence-corrected chi connectivity index (χ4v) is 3.91. The number of para-hydroxylation sites is 2. The molecular formula is C28H26BrN3O5. The molecule has 0 radical (unpaired) electrons. The molecule has 1 amide bonds. The molecule has 1 unspecified atom stereocenters. The zero-order valence-corrected chi connectivity index (χ0v) is 22.0. The molecule has 0 bridgehead atoms. The maximum absolute atomic E-state index is 12.8. The lowest BCUT2D eigenvalue weighted by Gasteiger charge is -2.17. The molecule has 4 rings (SSSR count). The minimum atomic E-state index is -0.812. The van der Waals surface area contributed by atoms with Crippen molar-refractivity contribution in [3.8, 4) is 11.6 Å². The van der Waals surface area contributed by atoms with E-state index in [1.54, 1.807) is 24.3 Å². The van der Waals surface area contributed by atoms with Crippen molar-refractivity contribution in [2.45, 2.75) is 19.4 Å². The molecule has 0 aliphatic carbocycles. The molecule has 1 heterocycles. The van der Waals surface area contributed by atoms with E-state index in [0.717, 1.165) is 21.1 Å². The second-order valence-corrected chi connectivity index (χ2v) is 9.12. The van der Waals surface area contributed by atoms with Crippen molar-refractivity contribution >= 4 is 38.8 Å². The number of carbonyl (C=O) groups is 2. The molecule has 0 fully saturated rings. The molecule has 4 aromatic rings. The van der Waals surface area contributed by atoms with Crippen LogP contribution in [-0.2, 0) is 16.0 Å². The summed E-state index contributed by atoms with van der Waals surface area (Å²) in [7, 11) is 1.30. The van der Waals surface area contributed by atoms with Gasteiger partial charge >= 0.3 is 5.97 Å². The Morgan fingerprint density at radius 1 is 0.892 bits per heavy atom. The lowest BCUT2D eigenvalue weighted by Crippen LogP contribution is -2.43. The van der Waals surface area contributed by atoms with Crippen molar-refractivity contribution in [1.82, 2.24) is 15.3 Å². The number of aromatic nitrogens is 2. The molecule has 0 saturated heterocycles. The summed E-state index contributed by atoms with van der Waals surface area (Å²) in [5.41, 5.74) is 3.59. The predicted molar refractivity (Wildman–Crippen MR) is 143 cm³/mol. The minimum absolute atomic E-state index is 0.285. The van der Waals surface area contributed by atoms with E-state index in [9.17, 15) is 9.59 Å². The highest BCUT2D eigenvalue weighted by Crippen LogP contribution is 2.18. The summed E-state index contributed by atoms with van der Waals surface area (Å²) in [5, 5.41) is 2.76. The molecule has 9 heteroatoms. The molecule has 3 aromatic carbocycles. The minimum Gasteiger partial charge on any atom is -0.490 e. The van der Waals surface area contributed by atoms with Crippen molar-refractivity contribution in [1.29, 1.82) is 0 Å². The lowest BCUT2D eigenvalue weighted by atomic mass is 10.1. The molecule has 0 aliphatic heterocycles. The van der Waals surface area contributed by atoms with Gasteiger partial charge in [-0.05, 0) is 61.0 Å². The average molecular weight is 564 g/mol. The van der Waals surface area contributed by atoms with Gasteiger partial charge in [0.1, 0.15) is 30.7 Å². The molecule has 0 aliphatic rings. The van der Waals surface area contributed by atoms with Gasteiger partial charge in [0, 0.05) is 16.5 Å². The van der Waals surface area contributed by atoms with Crippen LogP contribution in [0.5, 0.6) is 11.6 Å². The van der Waals surface area contributed by atoms with Gasteiger partial charge in [-0.2, -0.15) is 0 Å². The number of aryl methyl sites for hydroxylation is 1. The highest BCUT2D eigenvalue weighted by atomic mass is 79.9. The number of ether oxygens (including phenoxy) is 3. The first-order valence-corrected chi connectivity index (χ1v) is 12.4. The molecule has 1 N–H and O–H groups in total. The fourth-order valence-electron chi connectivity index (χ4n) is 3.64. The highest BCUT2D eigenvalue weighted by molar-refractivity contribution is 9.10. The van der Waals surface area contributed by atoms with Gasteiger partial charge in [-0.15, -0.1) is 0 Å². The smallest absolute Gasteiger partial charge is 0.328 e. The first-order chi connectivity index (χ1) is 17.9. The van der Waals surface area contributed by atoms with E-state index in [4.69, 9.17) is 14.2 Å². The summed E-state index contributed by atoms with van der Waals surface area (Å²) in [6, 6.07) is 21.0. The Morgan fingerprint density at radius 2 is 1.54 bits per heavy atom. The number of esters is 1. The van der Waals surface area contributed by atoms with E-state index in [1.807, 2.05) is 55.5 Å². The number of hydrogen-bond acceptors (Lipinski definition) is 7. The maximum atomic E-state index is 12.8. The summed E-state index contributed by atoms with van der Waals surface area (Å²) in [4.78, 5) is 34.0. The number of fused-ring (bicyclic) bond motifs is 1. The van der Waals surface area contributed by atoms with E-state index in [-0.39, 0.29) is 19.1 Å². The van der Waals surface area contributed by atoms with Gasteiger partial charge in [-0.3, -0.25) is 4.79 Å². The third-order valence-corrected chi connectivity index (χ3v) is 6.08. The Morgan fingerprint density at radius 3 is 2.22 bits per heavy atom. The highest BCUT2D eigenvalue weighted by Gasteiger charge is 2.22. The fraction of sp³-hybridized carbons (Fsp3) is 0.214. The summed E-state index contributed by atoms with van der Waals surface area (Å²) < 4.78 is 17.3. The molecule has 0 spiro atoms. The van der Waals surface area contributed by atoms with Crippen LogP contribution in [0.1, 0.15) is 21.6 Å². The third kappa shape index (κ3) is 7.04. The standard InChI is InChI=1S/C28H26BrN3O5/c1-18-27(32-24-6-4-3-5-23(24)30-18)37-16-15-36-22-13-9-20(10-14-22)26(33)31-25(28(34)35-2)17-19-7-11-21(29)12-8-19/h3-14,25H,15-17H2,1-2H3,(H,31,33). The topological polar surface area (TPSA) is 99.6 Å². The number of nitrogens with zero attached hydrogens (tertiary/aromatic N) is 2. The van der Waals surface area contributed by atoms with Crippen LogP contribution in [0.25, 0.3) is 11.0 Å². The van der Waals surface area contributed by atoms with Gasteiger partial charge in [-0.25, -0.2) is 14.8 Å². The molecule has 1 aromatic heterocycles. The largest absolute Gasteiger partial charge is 0.490 e. The number of benzene rings is 3. The molecule has 37 heavy (non-hydrogen) atoms. The van der Waals surface area contributed by atoms with Crippen LogP contribution in [0, 0.1) is 6.92 Å².